The summed E-state index contributed by atoms with van der Waals surface area (Å²) in [5.74, 6) is 0.654. The third-order valence-electron chi connectivity index (χ3n) is 4.60. The van der Waals surface area contributed by atoms with Crippen molar-refractivity contribution in [3.63, 3.8) is 0 Å². The Morgan fingerprint density at radius 3 is 2.77 bits per heavy atom. The van der Waals surface area contributed by atoms with Crippen molar-refractivity contribution in [2.24, 2.45) is 5.92 Å². The first-order chi connectivity index (χ1) is 10.5. The first-order valence-corrected chi connectivity index (χ1v) is 8.09. The van der Waals surface area contributed by atoms with E-state index >= 15 is 0 Å². The number of ether oxygens (including phenoxy) is 1. The lowest BCUT2D eigenvalue weighted by Crippen LogP contribution is -2.42. The van der Waals surface area contributed by atoms with Gasteiger partial charge in [-0.15, -0.1) is 0 Å². The van der Waals surface area contributed by atoms with E-state index in [-0.39, 0.29) is 5.91 Å². The first-order valence-electron chi connectivity index (χ1n) is 8.09. The summed E-state index contributed by atoms with van der Waals surface area (Å²) < 4.78 is 5.12. The number of carbonyl (C=O) groups excluding carboxylic acids is 1. The summed E-state index contributed by atoms with van der Waals surface area (Å²) in [6, 6.07) is 9.97. The Morgan fingerprint density at radius 2 is 2.09 bits per heavy atom. The maximum atomic E-state index is 12.5. The Bertz CT molecular complexity index is 473. The van der Waals surface area contributed by atoms with Crippen LogP contribution in [0.3, 0.4) is 0 Å². The third kappa shape index (κ3) is 4.31. The Kier molecular flexibility index (Phi) is 5.98. The molecule has 1 saturated heterocycles. The van der Waals surface area contributed by atoms with Crippen LogP contribution in [0, 0.1) is 5.92 Å². The van der Waals surface area contributed by atoms with Crippen LogP contribution in [0.15, 0.2) is 30.3 Å². The second-order valence-electron chi connectivity index (χ2n) is 6.65. The minimum atomic E-state index is -0.490. The van der Waals surface area contributed by atoms with Crippen molar-refractivity contribution in [3.05, 3.63) is 35.9 Å². The van der Waals surface area contributed by atoms with Crippen molar-refractivity contribution in [1.29, 1.82) is 0 Å². The molecule has 1 atom stereocenters. The van der Waals surface area contributed by atoms with Gasteiger partial charge in [-0.1, -0.05) is 30.3 Å². The molecule has 1 fully saturated rings. The van der Waals surface area contributed by atoms with Crippen molar-refractivity contribution < 1.29 is 9.53 Å². The van der Waals surface area contributed by atoms with E-state index in [1.807, 2.05) is 44.2 Å². The minimum Gasteiger partial charge on any atom is -0.383 e. The Hall–Kier alpha value is -1.39. The Labute approximate surface area is 133 Å². The number of carbonyl (C=O) groups is 1. The van der Waals surface area contributed by atoms with E-state index in [1.54, 1.807) is 7.11 Å². The fraction of sp³-hybridized carbons (Fsp3) is 0.611. The fourth-order valence-electron chi connectivity index (χ4n) is 2.95. The first kappa shape index (κ1) is 17.0. The predicted molar refractivity (Wildman–Crippen MR) is 88.9 cm³/mol. The van der Waals surface area contributed by atoms with E-state index in [1.165, 1.54) is 0 Å². The van der Waals surface area contributed by atoms with E-state index in [0.29, 0.717) is 5.92 Å². The summed E-state index contributed by atoms with van der Waals surface area (Å²) in [4.78, 5) is 14.9. The number of likely N-dealkylation sites (tertiary alicyclic amines) is 1. The molecule has 0 unspecified atom stereocenters. The van der Waals surface area contributed by atoms with Gasteiger partial charge in [0.05, 0.1) is 12.0 Å². The molecule has 4 heteroatoms. The van der Waals surface area contributed by atoms with Gasteiger partial charge in [-0.05, 0) is 38.3 Å². The largest absolute Gasteiger partial charge is 0.383 e. The number of hydrogen-bond donors (Lipinski definition) is 1. The van der Waals surface area contributed by atoms with Gasteiger partial charge in [0, 0.05) is 26.7 Å². The molecule has 1 aromatic rings. The van der Waals surface area contributed by atoms with Crippen LogP contribution in [0.2, 0.25) is 0 Å². The van der Waals surface area contributed by atoms with Crippen molar-refractivity contribution in [2.75, 3.05) is 39.9 Å². The molecule has 0 spiro atoms. The zero-order valence-corrected chi connectivity index (χ0v) is 14.0. The van der Waals surface area contributed by atoms with E-state index in [0.717, 1.165) is 44.8 Å². The Balaban J connectivity index is 1.81. The van der Waals surface area contributed by atoms with Gasteiger partial charge in [0.1, 0.15) is 0 Å². The molecule has 0 radical (unpaired) electrons. The number of amides is 1. The van der Waals surface area contributed by atoms with Crippen LogP contribution in [-0.2, 0) is 14.9 Å². The number of nitrogens with one attached hydrogen (secondary N) is 1. The highest BCUT2D eigenvalue weighted by Gasteiger charge is 2.30. The zero-order chi connectivity index (χ0) is 16.0. The van der Waals surface area contributed by atoms with Crippen LogP contribution in [0.5, 0.6) is 0 Å². The van der Waals surface area contributed by atoms with Gasteiger partial charge >= 0.3 is 0 Å². The lowest BCUT2D eigenvalue weighted by molar-refractivity contribution is -0.125. The molecule has 4 nitrogen and oxygen atoms in total. The van der Waals surface area contributed by atoms with Gasteiger partial charge in [0.2, 0.25) is 5.91 Å². The van der Waals surface area contributed by atoms with Gasteiger partial charge in [0.15, 0.2) is 0 Å². The lowest BCUT2D eigenvalue weighted by atomic mass is 9.83. The average molecular weight is 304 g/mol. The van der Waals surface area contributed by atoms with Crippen LogP contribution in [-0.4, -0.2) is 50.7 Å². The van der Waals surface area contributed by atoms with Gasteiger partial charge in [0.25, 0.3) is 0 Å². The third-order valence-corrected chi connectivity index (χ3v) is 4.60. The summed E-state index contributed by atoms with van der Waals surface area (Å²) in [7, 11) is 1.74. The number of methoxy groups -OCH3 is 1. The summed E-state index contributed by atoms with van der Waals surface area (Å²) >= 11 is 0. The molecule has 1 aromatic carbocycles. The molecular weight excluding hydrogens is 276 g/mol. The highest BCUT2D eigenvalue weighted by Crippen LogP contribution is 2.23. The second-order valence-corrected chi connectivity index (χ2v) is 6.65. The molecule has 1 N–H and O–H groups in total. The second kappa shape index (κ2) is 7.75. The summed E-state index contributed by atoms with van der Waals surface area (Å²) in [6.45, 7) is 8.64. The van der Waals surface area contributed by atoms with Crippen LogP contribution in [0.4, 0.5) is 0 Å². The molecule has 1 aliphatic heterocycles. The van der Waals surface area contributed by atoms with E-state index in [4.69, 9.17) is 4.74 Å². The summed E-state index contributed by atoms with van der Waals surface area (Å²) in [5.41, 5.74) is 0.566. The van der Waals surface area contributed by atoms with E-state index in [9.17, 15) is 4.79 Å². The highest BCUT2D eigenvalue weighted by atomic mass is 16.5. The number of benzene rings is 1. The van der Waals surface area contributed by atoms with Gasteiger partial charge in [-0.2, -0.15) is 0 Å². The molecule has 22 heavy (non-hydrogen) atoms. The molecule has 2 rings (SSSR count). The predicted octanol–water partition coefficient (Wildman–Crippen LogP) is 2.05. The number of hydrogen-bond acceptors (Lipinski definition) is 3. The molecule has 122 valence electrons. The van der Waals surface area contributed by atoms with Crippen molar-refractivity contribution in [1.82, 2.24) is 10.2 Å². The molecule has 0 aliphatic carbocycles. The SMILES string of the molecule is COCCN1CC[C@H](CNC(=O)C(C)(C)c2ccccc2)C1. The maximum Gasteiger partial charge on any atom is 0.230 e. The molecule has 1 aliphatic rings. The van der Waals surface area contributed by atoms with Crippen molar-refractivity contribution in [2.45, 2.75) is 25.7 Å². The van der Waals surface area contributed by atoms with Gasteiger partial charge in [-0.3, -0.25) is 4.79 Å². The monoisotopic (exact) mass is 304 g/mol. The molecule has 1 heterocycles. The number of rotatable bonds is 7. The Morgan fingerprint density at radius 1 is 1.36 bits per heavy atom. The lowest BCUT2D eigenvalue weighted by Gasteiger charge is -2.25. The average Bonchev–Trinajstić information content (AvgIpc) is 2.99. The molecular formula is C18H28N2O2. The fourth-order valence-corrected chi connectivity index (χ4v) is 2.95. The van der Waals surface area contributed by atoms with Crippen LogP contribution >= 0.6 is 0 Å². The standard InChI is InChI=1S/C18H28N2O2/c1-18(2,16-7-5-4-6-8-16)17(21)19-13-15-9-10-20(14-15)11-12-22-3/h4-8,15H,9-14H2,1-3H3,(H,19,21)/t15-/m1/s1. The van der Waals surface area contributed by atoms with Gasteiger partial charge < -0.3 is 15.0 Å². The molecule has 1 amide bonds. The van der Waals surface area contributed by atoms with Crippen molar-refractivity contribution >= 4 is 5.91 Å². The minimum absolute atomic E-state index is 0.106. The quantitative estimate of drug-likeness (QED) is 0.838. The smallest absolute Gasteiger partial charge is 0.230 e. The molecule has 0 saturated carbocycles. The van der Waals surface area contributed by atoms with E-state index in [2.05, 4.69) is 10.2 Å². The molecule has 0 aromatic heterocycles. The van der Waals surface area contributed by atoms with Crippen LogP contribution in [0.1, 0.15) is 25.8 Å². The number of nitrogens with zero attached hydrogens (tertiary/aromatic N) is 1. The van der Waals surface area contributed by atoms with Crippen LogP contribution < -0.4 is 5.32 Å². The summed E-state index contributed by atoms with van der Waals surface area (Å²) in [5, 5.41) is 3.14. The van der Waals surface area contributed by atoms with Gasteiger partial charge in [-0.25, -0.2) is 0 Å². The summed E-state index contributed by atoms with van der Waals surface area (Å²) in [6.07, 6.45) is 1.15. The zero-order valence-electron chi connectivity index (χ0n) is 14.0. The maximum absolute atomic E-state index is 12.5. The topological polar surface area (TPSA) is 41.6 Å². The normalized spacial score (nSPS) is 19.3. The van der Waals surface area contributed by atoms with Crippen molar-refractivity contribution in [3.8, 4) is 0 Å². The highest BCUT2D eigenvalue weighted by molar-refractivity contribution is 5.87. The van der Waals surface area contributed by atoms with Crippen LogP contribution in [0.25, 0.3) is 0 Å². The molecule has 0 bridgehead atoms. The van der Waals surface area contributed by atoms with E-state index < -0.39 is 5.41 Å².